The first-order chi connectivity index (χ1) is 7.93. The number of nitrogens with zero attached hydrogens (tertiary/aromatic N) is 1. The first-order valence-corrected chi connectivity index (χ1v) is 6.44. The smallest absolute Gasteiger partial charge is 0.0240 e. The SMILES string of the molecule is c1ccc(CN(C2CC2)C2CCNC2)cc1. The average Bonchev–Trinajstić information content (AvgIpc) is 3.02. The molecule has 1 heterocycles. The Labute approximate surface area is 97.6 Å². The van der Waals surface area contributed by atoms with E-state index >= 15 is 0 Å². The lowest BCUT2D eigenvalue weighted by Gasteiger charge is -2.28. The number of hydrogen-bond acceptors (Lipinski definition) is 2. The number of rotatable bonds is 4. The maximum atomic E-state index is 3.48. The van der Waals surface area contributed by atoms with E-state index in [2.05, 4.69) is 40.5 Å². The van der Waals surface area contributed by atoms with Crippen molar-refractivity contribution >= 4 is 0 Å². The Balaban J connectivity index is 1.69. The zero-order valence-corrected chi connectivity index (χ0v) is 9.73. The minimum Gasteiger partial charge on any atom is -0.315 e. The van der Waals surface area contributed by atoms with Crippen molar-refractivity contribution in [3.05, 3.63) is 35.9 Å². The van der Waals surface area contributed by atoms with Gasteiger partial charge in [0.25, 0.3) is 0 Å². The molecule has 1 aromatic carbocycles. The van der Waals surface area contributed by atoms with Crippen LogP contribution in [0, 0.1) is 0 Å². The molecule has 2 aliphatic rings. The van der Waals surface area contributed by atoms with Crippen LogP contribution >= 0.6 is 0 Å². The molecule has 0 spiro atoms. The average molecular weight is 216 g/mol. The van der Waals surface area contributed by atoms with Gasteiger partial charge >= 0.3 is 0 Å². The summed E-state index contributed by atoms with van der Waals surface area (Å²) in [6.45, 7) is 3.52. The van der Waals surface area contributed by atoms with Gasteiger partial charge in [-0.15, -0.1) is 0 Å². The van der Waals surface area contributed by atoms with Gasteiger partial charge in [0.15, 0.2) is 0 Å². The summed E-state index contributed by atoms with van der Waals surface area (Å²) >= 11 is 0. The second kappa shape index (κ2) is 4.56. The van der Waals surface area contributed by atoms with E-state index in [-0.39, 0.29) is 0 Å². The maximum Gasteiger partial charge on any atom is 0.0240 e. The van der Waals surface area contributed by atoms with Gasteiger partial charge in [-0.3, -0.25) is 4.90 Å². The summed E-state index contributed by atoms with van der Waals surface area (Å²) in [5, 5.41) is 3.48. The fourth-order valence-electron chi connectivity index (χ4n) is 2.68. The number of hydrogen-bond donors (Lipinski definition) is 1. The van der Waals surface area contributed by atoms with Gasteiger partial charge in [0.1, 0.15) is 0 Å². The minimum absolute atomic E-state index is 0.771. The van der Waals surface area contributed by atoms with Crippen LogP contribution in [-0.2, 0) is 6.54 Å². The summed E-state index contributed by atoms with van der Waals surface area (Å²) in [5.41, 5.74) is 1.46. The maximum absolute atomic E-state index is 3.48. The summed E-state index contributed by atoms with van der Waals surface area (Å²) < 4.78 is 0. The highest BCUT2D eigenvalue weighted by molar-refractivity contribution is 5.15. The zero-order chi connectivity index (χ0) is 10.8. The van der Waals surface area contributed by atoms with Crippen LogP contribution in [0.5, 0.6) is 0 Å². The second-order valence-corrected chi connectivity index (χ2v) is 5.04. The molecule has 1 unspecified atom stereocenters. The molecule has 2 heteroatoms. The molecule has 0 aromatic heterocycles. The first kappa shape index (κ1) is 10.3. The van der Waals surface area contributed by atoms with Gasteiger partial charge in [0, 0.05) is 25.2 Å². The highest BCUT2D eigenvalue weighted by Gasteiger charge is 2.34. The Morgan fingerprint density at radius 2 is 1.88 bits per heavy atom. The molecule has 1 aliphatic carbocycles. The Morgan fingerprint density at radius 1 is 1.06 bits per heavy atom. The predicted molar refractivity (Wildman–Crippen MR) is 66.3 cm³/mol. The van der Waals surface area contributed by atoms with Gasteiger partial charge in [0.05, 0.1) is 0 Å². The number of benzene rings is 1. The van der Waals surface area contributed by atoms with Crippen LogP contribution in [-0.4, -0.2) is 30.1 Å². The van der Waals surface area contributed by atoms with Crippen LogP contribution in [0.15, 0.2) is 30.3 Å². The van der Waals surface area contributed by atoms with Gasteiger partial charge in [-0.05, 0) is 31.4 Å². The van der Waals surface area contributed by atoms with E-state index in [1.54, 1.807) is 0 Å². The molecule has 0 radical (unpaired) electrons. The van der Waals surface area contributed by atoms with Crippen molar-refractivity contribution in [2.24, 2.45) is 0 Å². The molecule has 1 saturated carbocycles. The Morgan fingerprint density at radius 3 is 2.50 bits per heavy atom. The van der Waals surface area contributed by atoms with E-state index in [0.717, 1.165) is 18.6 Å². The molecule has 1 saturated heterocycles. The van der Waals surface area contributed by atoms with Gasteiger partial charge < -0.3 is 5.32 Å². The molecule has 1 atom stereocenters. The van der Waals surface area contributed by atoms with Crippen LogP contribution in [0.1, 0.15) is 24.8 Å². The molecule has 1 aliphatic heterocycles. The molecular weight excluding hydrogens is 196 g/mol. The normalized spacial score (nSPS) is 25.2. The highest BCUT2D eigenvalue weighted by atomic mass is 15.2. The van der Waals surface area contributed by atoms with Crippen molar-refractivity contribution in [1.82, 2.24) is 10.2 Å². The third-order valence-electron chi connectivity index (χ3n) is 3.73. The Kier molecular flexibility index (Phi) is 2.94. The summed E-state index contributed by atoms with van der Waals surface area (Å²) in [4.78, 5) is 2.72. The lowest BCUT2D eigenvalue weighted by atomic mass is 10.1. The van der Waals surface area contributed by atoms with Crippen molar-refractivity contribution in [3.63, 3.8) is 0 Å². The van der Waals surface area contributed by atoms with Crippen LogP contribution in [0.25, 0.3) is 0 Å². The van der Waals surface area contributed by atoms with Crippen molar-refractivity contribution in [1.29, 1.82) is 0 Å². The lowest BCUT2D eigenvalue weighted by Crippen LogP contribution is -2.38. The lowest BCUT2D eigenvalue weighted by molar-refractivity contribution is 0.189. The molecule has 86 valence electrons. The third-order valence-corrected chi connectivity index (χ3v) is 3.73. The largest absolute Gasteiger partial charge is 0.315 e. The van der Waals surface area contributed by atoms with Crippen LogP contribution in [0.3, 0.4) is 0 Å². The summed E-state index contributed by atoms with van der Waals surface area (Å²) in [6, 6.07) is 12.5. The highest BCUT2D eigenvalue weighted by Crippen LogP contribution is 2.31. The second-order valence-electron chi connectivity index (χ2n) is 5.04. The Hall–Kier alpha value is -0.860. The van der Waals surface area contributed by atoms with Gasteiger partial charge in [-0.25, -0.2) is 0 Å². The molecule has 16 heavy (non-hydrogen) atoms. The van der Waals surface area contributed by atoms with E-state index < -0.39 is 0 Å². The van der Waals surface area contributed by atoms with Gasteiger partial charge in [0.2, 0.25) is 0 Å². The van der Waals surface area contributed by atoms with Crippen LogP contribution in [0.2, 0.25) is 0 Å². The Bertz CT molecular complexity index is 326. The monoisotopic (exact) mass is 216 g/mol. The molecule has 0 amide bonds. The van der Waals surface area contributed by atoms with E-state index in [0.29, 0.717) is 0 Å². The first-order valence-electron chi connectivity index (χ1n) is 6.44. The van der Waals surface area contributed by atoms with Gasteiger partial charge in [-0.1, -0.05) is 30.3 Å². The van der Waals surface area contributed by atoms with E-state index in [1.807, 2.05) is 0 Å². The van der Waals surface area contributed by atoms with Crippen molar-refractivity contribution < 1.29 is 0 Å². The van der Waals surface area contributed by atoms with E-state index in [9.17, 15) is 0 Å². The molecule has 1 aromatic rings. The van der Waals surface area contributed by atoms with Crippen LogP contribution in [0.4, 0.5) is 0 Å². The topological polar surface area (TPSA) is 15.3 Å². The fraction of sp³-hybridized carbons (Fsp3) is 0.571. The summed E-state index contributed by atoms with van der Waals surface area (Å²) in [7, 11) is 0. The number of nitrogens with one attached hydrogen (secondary N) is 1. The molecule has 1 N–H and O–H groups in total. The van der Waals surface area contributed by atoms with E-state index in [4.69, 9.17) is 0 Å². The van der Waals surface area contributed by atoms with Crippen molar-refractivity contribution in [3.8, 4) is 0 Å². The quantitative estimate of drug-likeness (QED) is 0.828. The zero-order valence-electron chi connectivity index (χ0n) is 9.73. The summed E-state index contributed by atoms with van der Waals surface area (Å²) in [6.07, 6.45) is 4.13. The standard InChI is InChI=1S/C14H20N2/c1-2-4-12(5-3-1)11-16(13-6-7-13)14-8-9-15-10-14/h1-5,13-15H,6-11H2. The predicted octanol–water partition coefficient (Wildman–Crippen LogP) is 2.01. The minimum atomic E-state index is 0.771. The molecule has 0 bridgehead atoms. The third kappa shape index (κ3) is 2.28. The van der Waals surface area contributed by atoms with Crippen molar-refractivity contribution in [2.45, 2.75) is 37.9 Å². The summed E-state index contributed by atoms with van der Waals surface area (Å²) in [5.74, 6) is 0. The van der Waals surface area contributed by atoms with Crippen molar-refractivity contribution in [2.75, 3.05) is 13.1 Å². The fourth-order valence-corrected chi connectivity index (χ4v) is 2.68. The molecule has 2 nitrogen and oxygen atoms in total. The van der Waals surface area contributed by atoms with Gasteiger partial charge in [-0.2, -0.15) is 0 Å². The van der Waals surface area contributed by atoms with Crippen LogP contribution < -0.4 is 5.32 Å². The molecule has 3 rings (SSSR count). The molecular formula is C14H20N2. The molecule has 2 fully saturated rings. The van der Waals surface area contributed by atoms with E-state index in [1.165, 1.54) is 37.9 Å².